The van der Waals surface area contributed by atoms with Gasteiger partial charge in [0.15, 0.2) is 5.17 Å². The molecule has 4 rings (SSSR count). The molecule has 1 fully saturated rings. The molecule has 0 saturated carbocycles. The number of hydrogen-bond acceptors (Lipinski definition) is 4. The maximum Gasteiger partial charge on any atom is 0.264 e. The van der Waals surface area contributed by atoms with Gasteiger partial charge in [0.25, 0.3) is 5.91 Å². The van der Waals surface area contributed by atoms with Crippen LogP contribution in [0.3, 0.4) is 0 Å². The van der Waals surface area contributed by atoms with E-state index >= 15 is 0 Å². The summed E-state index contributed by atoms with van der Waals surface area (Å²) >= 11 is 4.70. The lowest BCUT2D eigenvalue weighted by Gasteiger charge is -2.06. The fourth-order valence-electron chi connectivity index (χ4n) is 2.61. The van der Waals surface area contributed by atoms with Crippen molar-refractivity contribution in [2.75, 3.05) is 0 Å². The van der Waals surface area contributed by atoms with Crippen molar-refractivity contribution in [2.24, 2.45) is 4.99 Å². The number of amides is 1. The standard InChI is InChI=1S/C20H14BrN3O2S/c21-13-3-5-14(6-4-13)22-20-23-19(26)18(27-20)12-16-2-1-11-24(16)15-7-9-17(25)10-8-15/h1-12,25H,(H,22,23,26)/b18-12-. The SMILES string of the molecule is O=C1NC(=Nc2ccc(Br)cc2)S/C1=C\c1cccn1-c1ccc(O)cc1. The molecule has 2 heterocycles. The van der Waals surface area contributed by atoms with Crippen LogP contribution in [-0.2, 0) is 4.79 Å². The Hall–Kier alpha value is -2.77. The predicted molar refractivity (Wildman–Crippen MR) is 112 cm³/mol. The van der Waals surface area contributed by atoms with Gasteiger partial charge in [0.1, 0.15) is 5.75 Å². The van der Waals surface area contributed by atoms with Gasteiger partial charge >= 0.3 is 0 Å². The molecule has 0 spiro atoms. The number of amidine groups is 1. The molecule has 1 amide bonds. The van der Waals surface area contributed by atoms with E-state index < -0.39 is 0 Å². The molecular weight excluding hydrogens is 426 g/mol. The number of aromatic nitrogens is 1. The van der Waals surface area contributed by atoms with Crippen LogP contribution in [0, 0.1) is 0 Å². The summed E-state index contributed by atoms with van der Waals surface area (Å²) in [5.41, 5.74) is 2.54. The minimum absolute atomic E-state index is 0.172. The second-order valence-corrected chi connectivity index (χ2v) is 7.72. The largest absolute Gasteiger partial charge is 0.508 e. The highest BCUT2D eigenvalue weighted by Crippen LogP contribution is 2.29. The molecule has 1 saturated heterocycles. The lowest BCUT2D eigenvalue weighted by atomic mass is 10.3. The van der Waals surface area contributed by atoms with E-state index in [4.69, 9.17) is 0 Å². The van der Waals surface area contributed by atoms with E-state index in [1.165, 1.54) is 11.8 Å². The number of hydrogen-bond donors (Lipinski definition) is 2. The monoisotopic (exact) mass is 439 g/mol. The first-order valence-corrected chi connectivity index (χ1v) is 9.71. The van der Waals surface area contributed by atoms with E-state index in [0.717, 1.165) is 21.5 Å². The summed E-state index contributed by atoms with van der Waals surface area (Å²) < 4.78 is 2.93. The summed E-state index contributed by atoms with van der Waals surface area (Å²) in [5, 5.41) is 12.8. The van der Waals surface area contributed by atoms with Gasteiger partial charge in [-0.25, -0.2) is 4.99 Å². The zero-order chi connectivity index (χ0) is 18.8. The van der Waals surface area contributed by atoms with Gasteiger partial charge in [0, 0.05) is 22.1 Å². The lowest BCUT2D eigenvalue weighted by Crippen LogP contribution is -2.19. The summed E-state index contributed by atoms with van der Waals surface area (Å²) in [6.07, 6.45) is 3.74. The number of benzene rings is 2. The second-order valence-electron chi connectivity index (χ2n) is 5.78. The third kappa shape index (κ3) is 3.99. The van der Waals surface area contributed by atoms with Crippen molar-refractivity contribution in [1.82, 2.24) is 9.88 Å². The predicted octanol–water partition coefficient (Wildman–Crippen LogP) is 4.84. The molecule has 5 nitrogen and oxygen atoms in total. The van der Waals surface area contributed by atoms with Gasteiger partial charge in [0.05, 0.1) is 10.6 Å². The van der Waals surface area contributed by atoms with Gasteiger partial charge in [-0.2, -0.15) is 0 Å². The molecule has 134 valence electrons. The van der Waals surface area contributed by atoms with Crippen LogP contribution in [0.15, 0.2) is 81.2 Å². The molecule has 0 aliphatic carbocycles. The Bertz CT molecular complexity index is 1050. The van der Waals surface area contributed by atoms with Gasteiger partial charge in [-0.1, -0.05) is 15.9 Å². The van der Waals surface area contributed by atoms with E-state index in [-0.39, 0.29) is 11.7 Å². The summed E-state index contributed by atoms with van der Waals surface area (Å²) in [7, 11) is 0. The number of thioether (sulfide) groups is 1. The number of halogens is 1. The van der Waals surface area contributed by atoms with Crippen LogP contribution < -0.4 is 5.32 Å². The molecule has 3 aromatic rings. The Labute approximate surface area is 168 Å². The molecule has 1 aromatic heterocycles. The van der Waals surface area contributed by atoms with Crippen LogP contribution in [-0.4, -0.2) is 20.7 Å². The minimum Gasteiger partial charge on any atom is -0.508 e. The third-order valence-electron chi connectivity index (χ3n) is 3.90. The van der Waals surface area contributed by atoms with Crippen LogP contribution in [0.5, 0.6) is 5.75 Å². The molecule has 2 N–H and O–H groups in total. The number of rotatable bonds is 3. The summed E-state index contributed by atoms with van der Waals surface area (Å²) in [6, 6.07) is 18.3. The van der Waals surface area contributed by atoms with Crippen LogP contribution in [0.25, 0.3) is 11.8 Å². The van der Waals surface area contributed by atoms with Crippen LogP contribution in [0.1, 0.15) is 5.69 Å². The highest BCUT2D eigenvalue weighted by molar-refractivity contribution is 9.10. The Morgan fingerprint density at radius 2 is 1.81 bits per heavy atom. The first-order chi connectivity index (χ1) is 13.1. The minimum atomic E-state index is -0.172. The van der Waals surface area contributed by atoms with Crippen LogP contribution in [0.4, 0.5) is 5.69 Å². The van der Waals surface area contributed by atoms with Gasteiger partial charge in [-0.15, -0.1) is 0 Å². The lowest BCUT2D eigenvalue weighted by molar-refractivity contribution is -0.115. The molecule has 1 aliphatic rings. The first-order valence-electron chi connectivity index (χ1n) is 8.10. The quantitative estimate of drug-likeness (QED) is 0.573. The topological polar surface area (TPSA) is 66.6 Å². The molecular formula is C20H14BrN3O2S. The molecule has 0 unspecified atom stereocenters. The Kier molecular flexibility index (Phi) is 4.87. The molecule has 1 aliphatic heterocycles. The van der Waals surface area contributed by atoms with E-state index in [1.54, 1.807) is 12.1 Å². The van der Waals surface area contributed by atoms with Gasteiger partial charge < -0.3 is 15.0 Å². The maximum absolute atomic E-state index is 12.3. The normalized spacial score (nSPS) is 16.9. The van der Waals surface area contributed by atoms with Crippen LogP contribution >= 0.6 is 27.7 Å². The fraction of sp³-hybridized carbons (Fsp3) is 0. The average Bonchev–Trinajstić information content (AvgIpc) is 3.25. The summed E-state index contributed by atoms with van der Waals surface area (Å²) in [4.78, 5) is 17.4. The summed E-state index contributed by atoms with van der Waals surface area (Å²) in [6.45, 7) is 0. The highest BCUT2D eigenvalue weighted by Gasteiger charge is 2.24. The number of aliphatic imine (C=N–C) groups is 1. The van der Waals surface area contributed by atoms with Crippen molar-refractivity contribution >= 4 is 50.5 Å². The Balaban J connectivity index is 1.60. The second kappa shape index (κ2) is 7.46. The zero-order valence-electron chi connectivity index (χ0n) is 14.0. The highest BCUT2D eigenvalue weighted by atomic mass is 79.9. The number of nitrogens with zero attached hydrogens (tertiary/aromatic N) is 2. The Morgan fingerprint density at radius 1 is 1.07 bits per heavy atom. The van der Waals surface area contributed by atoms with E-state index in [0.29, 0.717) is 10.1 Å². The fourth-order valence-corrected chi connectivity index (χ4v) is 3.70. The average molecular weight is 440 g/mol. The van der Waals surface area contributed by atoms with Gasteiger partial charge in [-0.3, -0.25) is 4.79 Å². The van der Waals surface area contributed by atoms with Crippen molar-refractivity contribution in [3.63, 3.8) is 0 Å². The molecule has 0 radical (unpaired) electrons. The zero-order valence-corrected chi connectivity index (χ0v) is 16.4. The van der Waals surface area contributed by atoms with Crippen LogP contribution in [0.2, 0.25) is 0 Å². The number of carbonyl (C=O) groups excluding carboxylic acids is 1. The first kappa shape index (κ1) is 17.6. The Morgan fingerprint density at radius 3 is 2.56 bits per heavy atom. The van der Waals surface area contributed by atoms with Crippen molar-refractivity contribution in [1.29, 1.82) is 0 Å². The van der Waals surface area contributed by atoms with Crippen molar-refractivity contribution < 1.29 is 9.90 Å². The number of carbonyl (C=O) groups is 1. The number of phenols is 1. The van der Waals surface area contributed by atoms with Crippen molar-refractivity contribution in [3.05, 3.63) is 81.9 Å². The van der Waals surface area contributed by atoms with E-state index in [2.05, 4.69) is 26.2 Å². The maximum atomic E-state index is 12.3. The molecule has 27 heavy (non-hydrogen) atoms. The van der Waals surface area contributed by atoms with Gasteiger partial charge in [-0.05, 0) is 78.5 Å². The number of phenolic OH excluding ortho intramolecular Hbond substituents is 1. The number of nitrogens with one attached hydrogen (secondary N) is 1. The van der Waals surface area contributed by atoms with Gasteiger partial charge in [0.2, 0.25) is 0 Å². The molecule has 2 aromatic carbocycles. The van der Waals surface area contributed by atoms with E-state index in [1.807, 2.05) is 65.4 Å². The molecule has 0 atom stereocenters. The van der Waals surface area contributed by atoms with Crippen molar-refractivity contribution in [2.45, 2.75) is 0 Å². The number of aromatic hydroxyl groups is 1. The van der Waals surface area contributed by atoms with Crippen molar-refractivity contribution in [3.8, 4) is 11.4 Å². The van der Waals surface area contributed by atoms with E-state index in [9.17, 15) is 9.90 Å². The molecule has 7 heteroatoms. The third-order valence-corrected chi connectivity index (χ3v) is 5.33. The summed E-state index contributed by atoms with van der Waals surface area (Å²) in [5.74, 6) is 0.0413. The molecule has 0 bridgehead atoms. The smallest absolute Gasteiger partial charge is 0.264 e.